The van der Waals surface area contributed by atoms with Crippen molar-refractivity contribution in [3.05, 3.63) is 148 Å². The molecule has 1 atom stereocenters. The lowest BCUT2D eigenvalue weighted by molar-refractivity contribution is -0.436. The van der Waals surface area contributed by atoms with Crippen LogP contribution in [0.1, 0.15) is 82.9 Å². The van der Waals surface area contributed by atoms with E-state index in [1.807, 2.05) is 0 Å². The number of hydrogen-bond donors (Lipinski definition) is 0. The number of aromatic nitrogens is 1. The van der Waals surface area contributed by atoms with Gasteiger partial charge in [0.1, 0.15) is 6.54 Å². The third-order valence-corrected chi connectivity index (χ3v) is 11.3. The average Bonchev–Trinajstić information content (AvgIpc) is 3.64. The van der Waals surface area contributed by atoms with Crippen molar-refractivity contribution in [2.75, 3.05) is 6.54 Å². The Kier molecular flexibility index (Phi) is 9.34. The summed E-state index contributed by atoms with van der Waals surface area (Å²) in [5.74, 6) is 0.554. The van der Waals surface area contributed by atoms with Crippen LogP contribution >= 0.6 is 0 Å². The monoisotopic (exact) mass is 667 g/mol. The minimum atomic E-state index is 0.554. The first-order valence-electron chi connectivity index (χ1n) is 19.5. The Bertz CT molecular complexity index is 2420. The van der Waals surface area contributed by atoms with Gasteiger partial charge in [0, 0.05) is 46.7 Å². The summed E-state index contributed by atoms with van der Waals surface area (Å²) in [7, 11) is 0. The van der Waals surface area contributed by atoms with Crippen molar-refractivity contribution in [2.24, 2.45) is 5.92 Å². The molecular weight excluding hydrogens is 617 g/mol. The quantitative estimate of drug-likeness (QED) is 0.122. The fraction of sp³-hybridized carbons (Fsp3) is 0.286. The van der Waals surface area contributed by atoms with E-state index in [9.17, 15) is 0 Å². The molecule has 0 amide bonds. The first-order valence-corrected chi connectivity index (χ1v) is 19.5. The van der Waals surface area contributed by atoms with Gasteiger partial charge in [-0.25, -0.2) is 0 Å². The normalized spacial score (nSPS) is 17.5. The number of hydrogen-bond acceptors (Lipinski definition) is 0. The first-order chi connectivity index (χ1) is 25.1. The van der Waals surface area contributed by atoms with Gasteiger partial charge in [-0.3, -0.25) is 0 Å². The van der Waals surface area contributed by atoms with E-state index in [0.29, 0.717) is 5.92 Å². The van der Waals surface area contributed by atoms with E-state index in [2.05, 4.69) is 158 Å². The Balaban J connectivity index is 1.31. The fourth-order valence-corrected chi connectivity index (χ4v) is 8.72. The summed E-state index contributed by atoms with van der Waals surface area (Å²) in [5.41, 5.74) is 12.4. The number of benzene rings is 5. The van der Waals surface area contributed by atoms with E-state index in [1.165, 1.54) is 108 Å². The van der Waals surface area contributed by atoms with Crippen molar-refractivity contribution in [2.45, 2.75) is 79.2 Å². The molecule has 2 heterocycles. The van der Waals surface area contributed by atoms with Gasteiger partial charge in [-0.15, -0.1) is 0 Å². The van der Waals surface area contributed by atoms with Crippen LogP contribution in [0.5, 0.6) is 0 Å². The molecule has 2 nitrogen and oxygen atoms in total. The van der Waals surface area contributed by atoms with Crippen LogP contribution in [0.4, 0.5) is 5.69 Å². The van der Waals surface area contributed by atoms with E-state index < -0.39 is 0 Å². The predicted molar refractivity (Wildman–Crippen MR) is 220 cm³/mol. The maximum absolute atomic E-state index is 2.57. The van der Waals surface area contributed by atoms with Gasteiger partial charge in [-0.1, -0.05) is 132 Å². The van der Waals surface area contributed by atoms with Crippen LogP contribution in [-0.2, 0) is 13.0 Å². The van der Waals surface area contributed by atoms with E-state index in [1.54, 1.807) is 0 Å². The molecule has 0 saturated carbocycles. The Labute approximate surface area is 303 Å². The van der Waals surface area contributed by atoms with Crippen molar-refractivity contribution >= 4 is 55.5 Å². The molecule has 5 aromatic carbocycles. The van der Waals surface area contributed by atoms with Crippen LogP contribution in [-0.4, -0.2) is 21.4 Å². The standard InChI is InChI=1S/C49H51N2/c1-5-8-30-50-43(41-18-10-14-36-16-12-20-45(50)48(36)41)28-26-39-32-34(4)33-40(47(39)38-24-22-35(7-3)23-25-38)27-29-44-42-19-11-15-37-17-13-21-46(49(37)42)51(44)31-9-6-2/h10-29,34H,5-9,30-33H2,1-4H3/q+1. The summed E-state index contributed by atoms with van der Waals surface area (Å²) >= 11 is 0. The van der Waals surface area contributed by atoms with E-state index >= 15 is 0 Å². The van der Waals surface area contributed by atoms with Crippen molar-refractivity contribution in [1.82, 2.24) is 4.57 Å². The van der Waals surface area contributed by atoms with Gasteiger partial charge in [0.2, 0.25) is 11.4 Å². The molecule has 0 saturated heterocycles. The number of unbranched alkanes of at least 4 members (excludes halogenated alkanes) is 2. The van der Waals surface area contributed by atoms with Crippen LogP contribution in [0.15, 0.2) is 126 Å². The number of allylic oxidation sites excluding steroid dienone is 6. The molecule has 0 fully saturated rings. The van der Waals surface area contributed by atoms with Crippen LogP contribution in [0.25, 0.3) is 44.1 Å². The van der Waals surface area contributed by atoms with Crippen molar-refractivity contribution < 1.29 is 4.58 Å². The van der Waals surface area contributed by atoms with Crippen molar-refractivity contribution in [1.29, 1.82) is 0 Å². The lowest BCUT2D eigenvalue weighted by atomic mass is 9.78. The van der Waals surface area contributed by atoms with Crippen molar-refractivity contribution in [3.63, 3.8) is 0 Å². The van der Waals surface area contributed by atoms with E-state index in [4.69, 9.17) is 0 Å². The van der Waals surface area contributed by atoms with Crippen LogP contribution in [0.3, 0.4) is 0 Å². The molecule has 0 bridgehead atoms. The highest BCUT2D eigenvalue weighted by molar-refractivity contribution is 6.19. The second kappa shape index (κ2) is 14.3. The van der Waals surface area contributed by atoms with Crippen LogP contribution in [0, 0.1) is 5.92 Å². The van der Waals surface area contributed by atoms with Crippen LogP contribution < -0.4 is 5.35 Å². The highest BCUT2D eigenvalue weighted by Gasteiger charge is 2.30. The number of aryl methyl sites for hydroxylation is 2. The topological polar surface area (TPSA) is 7.94 Å². The smallest absolute Gasteiger partial charge is 0.214 e. The predicted octanol–water partition coefficient (Wildman–Crippen LogP) is 12.1. The maximum atomic E-state index is 2.57. The zero-order valence-corrected chi connectivity index (χ0v) is 30.9. The van der Waals surface area contributed by atoms with Crippen LogP contribution in [0.2, 0.25) is 0 Å². The Hall–Kier alpha value is -4.95. The molecular formula is C49H51N2+. The molecule has 0 N–H and O–H groups in total. The van der Waals surface area contributed by atoms with Gasteiger partial charge >= 0.3 is 0 Å². The summed E-state index contributed by atoms with van der Waals surface area (Å²) < 4.78 is 5.15. The SMILES string of the molecule is CCCCn1/c(=C/C=C2\CC(C)CC(/C=C/C3=[N+](CCCC)c4cccc5cccc3c45)=C2c2ccc(CC)cc2)c2cccc3cccc1c32. The molecule has 2 aliphatic rings. The average molecular weight is 668 g/mol. The summed E-state index contributed by atoms with van der Waals surface area (Å²) in [6, 6.07) is 36.6. The first kappa shape index (κ1) is 33.2. The molecule has 6 aromatic rings. The van der Waals surface area contributed by atoms with Crippen molar-refractivity contribution in [3.8, 4) is 0 Å². The minimum absolute atomic E-state index is 0.554. The summed E-state index contributed by atoms with van der Waals surface area (Å²) in [5, 5.41) is 8.13. The molecule has 8 rings (SSSR count). The summed E-state index contributed by atoms with van der Waals surface area (Å²) in [4.78, 5) is 0. The summed E-state index contributed by atoms with van der Waals surface area (Å²) in [6.07, 6.45) is 17.7. The molecule has 51 heavy (non-hydrogen) atoms. The molecule has 1 aromatic heterocycles. The fourth-order valence-electron chi connectivity index (χ4n) is 8.72. The molecule has 2 heteroatoms. The molecule has 1 unspecified atom stereocenters. The third kappa shape index (κ3) is 6.09. The minimum Gasteiger partial charge on any atom is -0.340 e. The second-order valence-corrected chi connectivity index (χ2v) is 14.8. The Morgan fingerprint density at radius 3 is 2.22 bits per heavy atom. The highest BCUT2D eigenvalue weighted by atomic mass is 15.0. The zero-order chi connectivity index (χ0) is 34.9. The lowest BCUT2D eigenvalue weighted by Gasteiger charge is -2.27. The van der Waals surface area contributed by atoms with Gasteiger partial charge in [0.05, 0.1) is 10.9 Å². The van der Waals surface area contributed by atoms with Gasteiger partial charge in [-0.2, -0.15) is 4.58 Å². The molecule has 0 spiro atoms. The number of nitrogens with zero attached hydrogens (tertiary/aromatic N) is 2. The Morgan fingerprint density at radius 1 is 0.725 bits per heavy atom. The largest absolute Gasteiger partial charge is 0.340 e. The van der Waals surface area contributed by atoms with Gasteiger partial charge in [0.15, 0.2) is 0 Å². The molecule has 256 valence electrons. The van der Waals surface area contributed by atoms with Gasteiger partial charge in [-0.05, 0) is 88.4 Å². The Morgan fingerprint density at radius 2 is 1.45 bits per heavy atom. The highest BCUT2D eigenvalue weighted by Crippen LogP contribution is 2.41. The molecule has 0 radical (unpaired) electrons. The van der Waals surface area contributed by atoms with Gasteiger partial charge < -0.3 is 4.57 Å². The zero-order valence-electron chi connectivity index (χ0n) is 30.9. The molecule has 1 aliphatic carbocycles. The van der Waals surface area contributed by atoms with Gasteiger partial charge in [0.25, 0.3) is 0 Å². The number of rotatable bonds is 11. The lowest BCUT2D eigenvalue weighted by Crippen LogP contribution is -2.16. The van der Waals surface area contributed by atoms with E-state index in [-0.39, 0.29) is 0 Å². The maximum Gasteiger partial charge on any atom is 0.214 e. The van der Waals surface area contributed by atoms with E-state index in [0.717, 1.165) is 32.4 Å². The second-order valence-electron chi connectivity index (χ2n) is 14.8. The third-order valence-electron chi connectivity index (χ3n) is 11.3. The summed E-state index contributed by atoms with van der Waals surface area (Å²) in [6.45, 7) is 11.3. The molecule has 1 aliphatic heterocycles.